The molecule has 94 valence electrons. The Morgan fingerprint density at radius 2 is 2.24 bits per heavy atom. The number of carbonyl (C=O) groups is 2. The summed E-state index contributed by atoms with van der Waals surface area (Å²) in [6.45, 7) is 2.40. The number of carbonyl (C=O) groups excluding carboxylic acids is 1. The molecule has 1 aromatic rings. The molecule has 6 heteroatoms. The zero-order valence-corrected chi connectivity index (χ0v) is 9.78. The summed E-state index contributed by atoms with van der Waals surface area (Å²) < 4.78 is 9.92. The number of rotatable bonds is 6. The summed E-state index contributed by atoms with van der Waals surface area (Å²) in [5, 5.41) is 11.3. The maximum Gasteiger partial charge on any atom is 0.341 e. The Hall–Kier alpha value is -1.82. The molecule has 6 nitrogen and oxygen atoms in total. The van der Waals surface area contributed by atoms with E-state index >= 15 is 0 Å². The Morgan fingerprint density at radius 1 is 1.53 bits per heavy atom. The molecular formula is C11H15NO5. The molecule has 0 aliphatic rings. The van der Waals surface area contributed by atoms with E-state index in [9.17, 15) is 9.59 Å². The van der Waals surface area contributed by atoms with Crippen molar-refractivity contribution in [2.45, 2.75) is 19.9 Å². The molecule has 0 radical (unpaired) electrons. The van der Waals surface area contributed by atoms with Crippen LogP contribution in [0, 0.1) is 6.92 Å². The Labute approximate surface area is 98.6 Å². The molecule has 0 unspecified atom stereocenters. The van der Waals surface area contributed by atoms with E-state index in [1.54, 1.807) is 13.0 Å². The van der Waals surface area contributed by atoms with Crippen LogP contribution in [0.3, 0.4) is 0 Å². The van der Waals surface area contributed by atoms with Crippen molar-refractivity contribution in [3.8, 4) is 0 Å². The van der Waals surface area contributed by atoms with Crippen molar-refractivity contribution in [3.05, 3.63) is 23.2 Å². The van der Waals surface area contributed by atoms with Crippen LogP contribution in [0.15, 0.2) is 10.5 Å². The first-order valence-electron chi connectivity index (χ1n) is 5.14. The SMILES string of the molecule is COC(=O)c1cc(CNCCC(=O)O)oc1C. The number of hydrogen-bond donors (Lipinski definition) is 2. The van der Waals surface area contributed by atoms with Gasteiger partial charge in [0.2, 0.25) is 0 Å². The van der Waals surface area contributed by atoms with Gasteiger partial charge in [0, 0.05) is 6.54 Å². The monoisotopic (exact) mass is 241 g/mol. The fourth-order valence-electron chi connectivity index (χ4n) is 1.35. The van der Waals surface area contributed by atoms with E-state index in [0.717, 1.165) is 0 Å². The van der Waals surface area contributed by atoms with E-state index in [-0.39, 0.29) is 6.42 Å². The lowest BCUT2D eigenvalue weighted by Crippen LogP contribution is -2.17. The topological polar surface area (TPSA) is 88.8 Å². The minimum absolute atomic E-state index is 0.0452. The smallest absolute Gasteiger partial charge is 0.341 e. The van der Waals surface area contributed by atoms with Gasteiger partial charge in [-0.25, -0.2) is 4.79 Å². The summed E-state index contributed by atoms with van der Waals surface area (Å²) in [5.74, 6) is -0.230. The number of nitrogens with one attached hydrogen (secondary N) is 1. The third-order valence-corrected chi connectivity index (χ3v) is 2.19. The lowest BCUT2D eigenvalue weighted by molar-refractivity contribution is -0.136. The van der Waals surface area contributed by atoms with E-state index in [4.69, 9.17) is 9.52 Å². The molecule has 1 heterocycles. The van der Waals surface area contributed by atoms with Gasteiger partial charge >= 0.3 is 11.9 Å². The number of ether oxygens (including phenoxy) is 1. The maximum atomic E-state index is 11.3. The normalized spacial score (nSPS) is 10.2. The van der Waals surface area contributed by atoms with Crippen molar-refractivity contribution in [2.75, 3.05) is 13.7 Å². The van der Waals surface area contributed by atoms with Gasteiger partial charge in [0.05, 0.1) is 20.1 Å². The summed E-state index contributed by atoms with van der Waals surface area (Å²) in [5.41, 5.74) is 0.391. The number of furan rings is 1. The molecule has 0 saturated heterocycles. The molecule has 0 saturated carbocycles. The molecule has 1 rings (SSSR count). The summed E-state index contributed by atoms with van der Waals surface area (Å²) in [6.07, 6.45) is 0.0452. The molecule has 17 heavy (non-hydrogen) atoms. The Bertz CT molecular complexity index is 410. The maximum absolute atomic E-state index is 11.3. The third kappa shape index (κ3) is 3.92. The summed E-state index contributed by atoms with van der Waals surface area (Å²) >= 11 is 0. The minimum atomic E-state index is -0.858. The molecule has 0 aliphatic heterocycles. The lowest BCUT2D eigenvalue weighted by Gasteiger charge is -1.98. The van der Waals surface area contributed by atoms with Crippen LogP contribution >= 0.6 is 0 Å². The average Bonchev–Trinajstić information content (AvgIpc) is 2.65. The fraction of sp³-hybridized carbons (Fsp3) is 0.455. The van der Waals surface area contributed by atoms with Gasteiger partial charge in [0.15, 0.2) is 0 Å². The molecule has 0 atom stereocenters. The van der Waals surface area contributed by atoms with Gasteiger partial charge in [0.25, 0.3) is 0 Å². The van der Waals surface area contributed by atoms with Crippen molar-refractivity contribution < 1.29 is 23.8 Å². The van der Waals surface area contributed by atoms with Crippen LogP contribution in [0.1, 0.15) is 28.3 Å². The largest absolute Gasteiger partial charge is 0.481 e. The zero-order valence-electron chi connectivity index (χ0n) is 9.78. The van der Waals surface area contributed by atoms with Crippen LogP contribution in [0.5, 0.6) is 0 Å². The highest BCUT2D eigenvalue weighted by atomic mass is 16.5. The van der Waals surface area contributed by atoms with E-state index in [0.29, 0.717) is 30.2 Å². The fourth-order valence-corrected chi connectivity index (χ4v) is 1.35. The molecule has 0 spiro atoms. The second-order valence-electron chi connectivity index (χ2n) is 3.49. The number of methoxy groups -OCH3 is 1. The Balaban J connectivity index is 2.50. The number of carboxylic acid groups (broad SMARTS) is 1. The Kier molecular flexibility index (Phi) is 4.71. The van der Waals surface area contributed by atoms with Gasteiger partial charge in [-0.1, -0.05) is 0 Å². The van der Waals surface area contributed by atoms with Crippen molar-refractivity contribution in [2.24, 2.45) is 0 Å². The summed E-state index contributed by atoms with van der Waals surface area (Å²) in [4.78, 5) is 21.6. The van der Waals surface area contributed by atoms with Gasteiger partial charge in [-0.15, -0.1) is 0 Å². The van der Waals surface area contributed by atoms with Crippen molar-refractivity contribution >= 4 is 11.9 Å². The molecule has 0 fully saturated rings. The number of aliphatic carboxylic acids is 1. The number of hydrogen-bond acceptors (Lipinski definition) is 5. The summed E-state index contributed by atoms with van der Waals surface area (Å²) in [7, 11) is 1.31. The van der Waals surface area contributed by atoms with Crippen LogP contribution < -0.4 is 5.32 Å². The Morgan fingerprint density at radius 3 is 2.82 bits per heavy atom. The van der Waals surface area contributed by atoms with E-state index in [1.807, 2.05) is 0 Å². The number of aryl methyl sites for hydroxylation is 1. The highest BCUT2D eigenvalue weighted by Crippen LogP contribution is 2.15. The standard InChI is InChI=1S/C11H15NO5/c1-7-9(11(15)16-2)5-8(17-7)6-12-4-3-10(13)14/h5,12H,3-4,6H2,1-2H3,(H,13,14). The first-order valence-corrected chi connectivity index (χ1v) is 5.14. The van der Waals surface area contributed by atoms with Crippen molar-refractivity contribution in [1.29, 1.82) is 0 Å². The van der Waals surface area contributed by atoms with Crippen LogP contribution in [-0.2, 0) is 16.1 Å². The van der Waals surface area contributed by atoms with E-state index < -0.39 is 11.9 Å². The van der Waals surface area contributed by atoms with E-state index in [1.165, 1.54) is 7.11 Å². The number of carboxylic acids is 1. The average molecular weight is 241 g/mol. The predicted octanol–water partition coefficient (Wildman–Crippen LogP) is 0.939. The van der Waals surface area contributed by atoms with Gasteiger partial charge < -0.3 is 19.6 Å². The summed E-state index contributed by atoms with van der Waals surface area (Å²) in [6, 6.07) is 1.59. The van der Waals surface area contributed by atoms with Gasteiger partial charge in [0.1, 0.15) is 17.1 Å². The predicted molar refractivity (Wildman–Crippen MR) is 58.7 cm³/mol. The first-order chi connectivity index (χ1) is 8.04. The quantitative estimate of drug-likeness (QED) is 0.569. The third-order valence-electron chi connectivity index (χ3n) is 2.19. The molecule has 0 aromatic carbocycles. The molecule has 2 N–H and O–H groups in total. The van der Waals surface area contributed by atoms with Crippen LogP contribution in [0.4, 0.5) is 0 Å². The molecule has 0 aliphatic carbocycles. The lowest BCUT2D eigenvalue weighted by atomic mass is 10.2. The second-order valence-corrected chi connectivity index (χ2v) is 3.49. The van der Waals surface area contributed by atoms with Crippen LogP contribution in [-0.4, -0.2) is 30.7 Å². The second kappa shape index (κ2) is 6.05. The van der Waals surface area contributed by atoms with Gasteiger partial charge in [-0.3, -0.25) is 4.79 Å². The highest BCUT2D eigenvalue weighted by Gasteiger charge is 2.14. The minimum Gasteiger partial charge on any atom is -0.481 e. The number of esters is 1. The van der Waals surface area contributed by atoms with Gasteiger partial charge in [-0.2, -0.15) is 0 Å². The van der Waals surface area contributed by atoms with Crippen LogP contribution in [0.25, 0.3) is 0 Å². The van der Waals surface area contributed by atoms with Crippen LogP contribution in [0.2, 0.25) is 0 Å². The van der Waals surface area contributed by atoms with Gasteiger partial charge in [-0.05, 0) is 13.0 Å². The molecule has 0 amide bonds. The van der Waals surface area contributed by atoms with Crippen molar-refractivity contribution in [1.82, 2.24) is 5.32 Å². The molecule has 0 bridgehead atoms. The van der Waals surface area contributed by atoms with Crippen molar-refractivity contribution in [3.63, 3.8) is 0 Å². The zero-order chi connectivity index (χ0) is 12.8. The highest BCUT2D eigenvalue weighted by molar-refractivity contribution is 5.90. The van der Waals surface area contributed by atoms with E-state index in [2.05, 4.69) is 10.1 Å². The first kappa shape index (κ1) is 13.2. The molecule has 1 aromatic heterocycles. The molecular weight excluding hydrogens is 226 g/mol.